The van der Waals surface area contributed by atoms with Crippen LogP contribution in [-0.4, -0.2) is 241 Å². The van der Waals surface area contributed by atoms with E-state index in [0.717, 1.165) is 86.6 Å². The van der Waals surface area contributed by atoms with Crippen molar-refractivity contribution in [3.63, 3.8) is 0 Å². The van der Waals surface area contributed by atoms with Gasteiger partial charge >= 0.3 is 0 Å². The molecule has 44 heteroatoms. The number of hydrogen-bond acceptors (Lipinski definition) is 25. The van der Waals surface area contributed by atoms with Crippen LogP contribution in [-0.2, 0) is 94.5 Å². The van der Waals surface area contributed by atoms with Gasteiger partial charge in [0.1, 0.15) is 54.6 Å². The Balaban J connectivity index is 0.000000344. The van der Waals surface area contributed by atoms with Crippen molar-refractivity contribution in [3.8, 4) is 23.0 Å². The number of rotatable bonds is 32. The number of amides is 2. The van der Waals surface area contributed by atoms with Crippen molar-refractivity contribution < 1.29 is 105 Å². The lowest BCUT2D eigenvalue weighted by Gasteiger charge is -2.26. The third-order valence-electron chi connectivity index (χ3n) is 20.7. The molecule has 10 N–H and O–H groups in total. The first kappa shape index (κ1) is 131. The van der Waals surface area contributed by atoms with Gasteiger partial charge in [-0.2, -0.15) is 4.31 Å². The maximum atomic E-state index is 12.2. The van der Waals surface area contributed by atoms with E-state index in [1.54, 1.807) is 104 Å². The van der Waals surface area contributed by atoms with Crippen molar-refractivity contribution in [3.05, 3.63) is 334 Å². The van der Waals surface area contributed by atoms with Crippen LogP contribution in [0.1, 0.15) is 98.2 Å². The maximum absolute atomic E-state index is 12.2. The third kappa shape index (κ3) is 55.1. The van der Waals surface area contributed by atoms with Crippen molar-refractivity contribution in [1.29, 1.82) is 0 Å². The summed E-state index contributed by atoms with van der Waals surface area (Å²) in [6.07, 6.45) is 2.71. The molecule has 35 nitrogen and oxygen atoms in total. The summed E-state index contributed by atoms with van der Waals surface area (Å²) in [5.74, 6) is 3.40. The molecule has 1 saturated carbocycles. The standard InChI is InChI=1S/C12H15NO2.C11H15NO3S.C11H17NO3S.C11H15NO2.C10H15NO3S.C10H13NO2S.C9H13NO2S.C9H13NO.C8H10ClNO2S.C8H11NO2S.C7H9NO2S/c1-10-2-4-11(5-3-10)12(14)13-6-8-15-9-7-13;1-10-2-4-11(5-3-10)16(13,14)12-6-8-15-9-7-12;1-3-16(13,14)12-8-9-15-11-6-4-10(2)5-7-11;1-9-3-5-11(6-4-9)14-8-7-12-10(2)13;1-9-3-5-10(6-4-9)14-8-7-11-15(2,12)13;1-8-2-4-9(5-3-8)11-14(12,13)10-6-7-10;1-8-4-6-9(7-5-8)13(11,12)10(2)3;1-8-2-4-9(5-3-8)11-7-6-10;1-7-2-4-8(5-3-7)10-13(11,12)6-9;1-7-3-5-8(6-4-7)12(10,11)9-2;1-6-2-4-7(5-3-6)11(8,9)10/h2-5H,6-9H2,1H3;2-5H,6-9H2,1H3;4-7,12H,3,8-9H2,1-2H3;3-6H,7-8H2,1-2H3,(H,12,13);3-6,11H,7-8H2,1-2H3;2-5,10-11H,6-7H2,1H3;4-7H,1-3H3;2-5H,6-7,10H2,1H3;2-5,10H,6H2,1H3;3-6,9H,1-2H3;2-5H,1H3,(H2,8,9,10). The largest absolute Gasteiger partial charge is 0.492 e. The zero-order chi connectivity index (χ0) is 112. The number of ether oxygens (including phenoxy) is 6. The zero-order valence-electron chi connectivity index (χ0n) is 88.1. The summed E-state index contributed by atoms with van der Waals surface area (Å²) in [5, 5.41) is 6.95. The van der Waals surface area contributed by atoms with E-state index < -0.39 is 85.4 Å². The average Bonchev–Trinajstić information content (AvgIpc) is 1.34. The Hall–Kier alpha value is -11.3. The minimum Gasteiger partial charge on any atom is -0.492 e. The molecule has 3 aliphatic rings. The van der Waals surface area contributed by atoms with Gasteiger partial charge < -0.3 is 44.4 Å². The normalized spacial score (nSPS) is 12.9. The zero-order valence-corrected chi connectivity index (χ0v) is 95.3. The molecule has 3 fully saturated rings. The number of nitrogens with two attached hydrogens (primary N) is 2. The van der Waals surface area contributed by atoms with Gasteiger partial charge in [-0.05, 0) is 236 Å². The molecule has 0 unspecified atom stereocenters. The number of carbonyl (C=O) groups excluding carboxylic acids is 2. The van der Waals surface area contributed by atoms with Gasteiger partial charge in [-0.1, -0.05) is 195 Å². The molecule has 11 aromatic carbocycles. The van der Waals surface area contributed by atoms with Crippen LogP contribution in [0, 0.1) is 76.2 Å². The van der Waals surface area contributed by atoms with Gasteiger partial charge in [-0.25, -0.2) is 91.0 Å². The van der Waals surface area contributed by atoms with Crippen molar-refractivity contribution in [2.45, 2.75) is 128 Å². The lowest BCUT2D eigenvalue weighted by atomic mass is 10.1. The van der Waals surface area contributed by atoms with E-state index in [1.165, 1.54) is 71.1 Å². The topological polar surface area (TPSA) is 497 Å². The van der Waals surface area contributed by atoms with Crippen LogP contribution >= 0.6 is 11.6 Å². The summed E-state index contributed by atoms with van der Waals surface area (Å²) in [5.41, 5.74) is 19.6. The Bertz CT molecular complexity index is 6820. The maximum Gasteiger partial charge on any atom is 0.254 e. The lowest BCUT2D eigenvalue weighted by Crippen LogP contribution is -2.40. The number of hydrogen-bond donors (Lipinski definition) is 8. The summed E-state index contributed by atoms with van der Waals surface area (Å²) in [4.78, 5) is 25.5. The molecule has 11 aromatic rings. The highest BCUT2D eigenvalue weighted by atomic mass is 35.5. The number of halogens is 1. The Kier molecular flexibility index (Phi) is 58.1. The number of sulfonamides is 8. The first-order valence-electron chi connectivity index (χ1n) is 47.5. The first-order valence-corrected chi connectivity index (χ1v) is 60.7. The monoisotopic (exact) mass is 2250 g/mol. The summed E-state index contributed by atoms with van der Waals surface area (Å²) >= 11 is 5.22. The minimum atomic E-state index is -3.52. The van der Waals surface area contributed by atoms with Crippen molar-refractivity contribution in [2.24, 2.45) is 10.9 Å². The van der Waals surface area contributed by atoms with Gasteiger partial charge in [0.25, 0.3) is 5.91 Å². The highest BCUT2D eigenvalue weighted by molar-refractivity contribution is 7.94. The molecule has 2 amide bonds. The van der Waals surface area contributed by atoms with Crippen LogP contribution in [0.4, 0.5) is 11.4 Å². The number of anilines is 2. The number of alkyl halides is 1. The van der Waals surface area contributed by atoms with Gasteiger partial charge in [-0.3, -0.25) is 19.0 Å². The van der Waals surface area contributed by atoms with Gasteiger partial charge in [0.05, 0.1) is 69.8 Å². The fraction of sp³-hybridized carbons (Fsp3) is 0.358. The van der Waals surface area contributed by atoms with Crippen LogP contribution in [0.2, 0.25) is 0 Å². The molecule has 2 heterocycles. The van der Waals surface area contributed by atoms with Crippen LogP contribution in [0.3, 0.4) is 0 Å². The highest BCUT2D eigenvalue weighted by Crippen LogP contribution is 2.30. The quantitative estimate of drug-likeness (QED) is 0.0143. The van der Waals surface area contributed by atoms with Crippen molar-refractivity contribution in [1.82, 2.24) is 33.0 Å². The van der Waals surface area contributed by atoms with E-state index >= 15 is 0 Å². The second-order valence-electron chi connectivity index (χ2n) is 34.4. The van der Waals surface area contributed by atoms with E-state index in [-0.39, 0.29) is 34.3 Å². The van der Waals surface area contributed by atoms with E-state index in [9.17, 15) is 76.9 Å². The summed E-state index contributed by atoms with van der Waals surface area (Å²) in [7, 11) is -21.6. The summed E-state index contributed by atoms with van der Waals surface area (Å²) < 4.78 is 226. The van der Waals surface area contributed by atoms with E-state index in [2.05, 4.69) is 28.9 Å². The molecule has 2 saturated heterocycles. The number of carbonyl (C=O) groups is 2. The first-order chi connectivity index (χ1) is 70.5. The predicted octanol–water partition coefficient (Wildman–Crippen LogP) is 14.2. The molecule has 0 atom stereocenters. The molecule has 1 aliphatic carbocycles. The molecule has 150 heavy (non-hydrogen) atoms. The summed E-state index contributed by atoms with van der Waals surface area (Å²) in [6, 6.07) is 79.9. The second kappa shape index (κ2) is 66.5. The number of morpholine rings is 2. The SMILES string of the molecule is CC(=O)NCCOc1ccc(C)cc1.CCS(=O)(=O)NCCOc1ccc(C)cc1.CNS(=O)(=O)c1ccc(C)cc1.Cc1ccc(C(=O)N2CCOCC2)cc1.Cc1ccc(NS(=O)(=O)C2CC2)cc1.Cc1ccc(NS(=O)(=O)CCl)cc1.Cc1ccc(OCCN)cc1.Cc1ccc(OCCNS(C)(=O)=O)cc1.Cc1ccc(S(=O)(=O)N(C)C)cc1.Cc1ccc(S(=O)(=O)N2CCOCC2)cc1.Cc1ccc(S(N)(=O)=O)cc1. The molecular formula is C106H146ClN11O24S8. The molecule has 0 bridgehead atoms. The van der Waals surface area contributed by atoms with Gasteiger partial charge in [0.15, 0.2) is 0 Å². The molecule has 2 aliphatic heterocycles. The van der Waals surface area contributed by atoms with Crippen molar-refractivity contribution >= 4 is 115 Å². The number of nitrogens with zero attached hydrogens (tertiary/aromatic N) is 3. The molecule has 0 radical (unpaired) electrons. The Morgan fingerprint density at radius 1 is 0.400 bits per heavy atom. The molecule has 0 spiro atoms. The average molecular weight is 2250 g/mol. The Morgan fingerprint density at radius 3 is 1.03 bits per heavy atom. The fourth-order valence-electron chi connectivity index (χ4n) is 11.8. The number of nitrogens with one attached hydrogen (secondary N) is 6. The molecule has 14 rings (SSSR count). The second-order valence-corrected chi connectivity index (χ2v) is 50.1. The van der Waals surface area contributed by atoms with Gasteiger partial charge in [-0.15, -0.1) is 11.6 Å². The molecule has 0 aromatic heterocycles. The van der Waals surface area contributed by atoms with Crippen molar-refractivity contribution in [2.75, 3.05) is 153 Å². The van der Waals surface area contributed by atoms with E-state index in [4.69, 9.17) is 50.9 Å². The van der Waals surface area contributed by atoms with Crippen LogP contribution < -0.4 is 58.7 Å². The predicted molar refractivity (Wildman–Crippen MR) is 597 cm³/mol. The minimum absolute atomic E-state index is 0.0301. The Morgan fingerprint density at radius 2 is 0.707 bits per heavy atom. The van der Waals surface area contributed by atoms with E-state index in [1.807, 2.05) is 239 Å². The fourth-order valence-corrected chi connectivity index (χ4v) is 18.5. The number of benzene rings is 11. The van der Waals surface area contributed by atoms with Gasteiger partial charge in [0, 0.05) is 83.8 Å². The lowest BCUT2D eigenvalue weighted by molar-refractivity contribution is -0.119. The number of primary sulfonamides is 1. The van der Waals surface area contributed by atoms with E-state index in [0.29, 0.717) is 125 Å². The van der Waals surface area contributed by atoms with Crippen LogP contribution in [0.5, 0.6) is 23.0 Å². The smallest absolute Gasteiger partial charge is 0.254 e. The molecule has 824 valence electrons. The van der Waals surface area contributed by atoms with Gasteiger partial charge in [0.2, 0.25) is 86.1 Å². The third-order valence-corrected chi connectivity index (χ3v) is 32.5. The summed E-state index contributed by atoms with van der Waals surface area (Å²) in [6.45, 7) is 32.7. The Labute approximate surface area is 894 Å². The van der Waals surface area contributed by atoms with Crippen LogP contribution in [0.25, 0.3) is 0 Å². The number of aryl methyl sites for hydroxylation is 11. The van der Waals surface area contributed by atoms with Crippen LogP contribution in [0.15, 0.2) is 287 Å². The molecular weight excluding hydrogens is 2100 g/mol. The highest BCUT2D eigenvalue weighted by Gasteiger charge is 2.36.